The first-order valence-electron chi connectivity index (χ1n) is 10.2. The summed E-state index contributed by atoms with van der Waals surface area (Å²) >= 11 is 1.50. The van der Waals surface area contributed by atoms with Gasteiger partial charge in [0.1, 0.15) is 11.6 Å². The summed E-state index contributed by atoms with van der Waals surface area (Å²) in [5.41, 5.74) is 4.49. The minimum Gasteiger partial charge on any atom is -0.396 e. The van der Waals surface area contributed by atoms with Crippen molar-refractivity contribution in [3.8, 4) is 0 Å². The van der Waals surface area contributed by atoms with Crippen molar-refractivity contribution in [1.29, 1.82) is 0 Å². The zero-order chi connectivity index (χ0) is 23.3. The Morgan fingerprint density at radius 3 is 2.34 bits per heavy atom. The van der Waals surface area contributed by atoms with E-state index in [1.807, 2.05) is 16.1 Å². The second-order valence-corrected chi connectivity index (χ2v) is 8.43. The maximum Gasteiger partial charge on any atom is 0.434 e. The SMILES string of the molecule is CSc1ccc(N)c(F)c1.O=C1CCCN1C1CCN(c2cnc(C(F)(F)F)cn2)CC1. The number of halogens is 4. The Bertz CT molecular complexity index is 917. The maximum absolute atomic E-state index is 12.6. The lowest BCUT2D eigenvalue weighted by Gasteiger charge is -2.37. The summed E-state index contributed by atoms with van der Waals surface area (Å²) in [7, 11) is 0. The van der Waals surface area contributed by atoms with E-state index in [9.17, 15) is 22.4 Å². The number of carbonyl (C=O) groups excluding carboxylic acids is 1. The molecule has 11 heteroatoms. The molecule has 0 unspecified atom stereocenters. The highest BCUT2D eigenvalue weighted by Gasteiger charge is 2.34. The van der Waals surface area contributed by atoms with E-state index in [-0.39, 0.29) is 23.5 Å². The molecule has 2 fully saturated rings. The molecule has 0 radical (unpaired) electrons. The van der Waals surface area contributed by atoms with Gasteiger partial charge in [0.2, 0.25) is 5.91 Å². The topological polar surface area (TPSA) is 75.4 Å². The lowest BCUT2D eigenvalue weighted by molar-refractivity contribution is -0.141. The molecule has 6 nitrogen and oxygen atoms in total. The third-order valence-electron chi connectivity index (χ3n) is 5.48. The van der Waals surface area contributed by atoms with Crippen LogP contribution in [0.5, 0.6) is 0 Å². The van der Waals surface area contributed by atoms with Crippen LogP contribution in [0.15, 0.2) is 35.5 Å². The molecule has 4 rings (SSSR count). The third-order valence-corrected chi connectivity index (χ3v) is 6.20. The molecular weight excluding hydrogens is 446 g/mol. The standard InChI is InChI=1S/C14H17F3N4O.C7H8FNS/c15-14(16,17)11-8-19-12(9-18-11)20-6-3-10(4-7-20)21-5-1-2-13(21)22;1-10-5-2-3-7(9)6(8)4-5/h8-10H,1-7H2;2-4H,9H2,1H3. The second-order valence-electron chi connectivity index (χ2n) is 7.55. The molecule has 0 bridgehead atoms. The number of rotatable bonds is 3. The summed E-state index contributed by atoms with van der Waals surface area (Å²) in [6.07, 6.45) is 2.55. The number of likely N-dealkylation sites (tertiary alicyclic amines) is 1. The number of piperidine rings is 1. The highest BCUT2D eigenvalue weighted by Crippen LogP contribution is 2.28. The van der Waals surface area contributed by atoms with Gasteiger partial charge in [-0.1, -0.05) is 0 Å². The molecule has 1 amide bonds. The monoisotopic (exact) mass is 471 g/mol. The van der Waals surface area contributed by atoms with E-state index in [2.05, 4.69) is 9.97 Å². The van der Waals surface area contributed by atoms with Crippen molar-refractivity contribution in [2.45, 2.75) is 42.8 Å². The molecule has 174 valence electrons. The average Bonchev–Trinajstić information content (AvgIpc) is 3.21. The van der Waals surface area contributed by atoms with Crippen LogP contribution in [0, 0.1) is 5.82 Å². The second kappa shape index (κ2) is 10.4. The van der Waals surface area contributed by atoms with Crippen LogP contribution in [0.2, 0.25) is 0 Å². The van der Waals surface area contributed by atoms with Gasteiger partial charge in [-0.25, -0.2) is 14.4 Å². The first-order chi connectivity index (χ1) is 15.2. The normalized spacial score (nSPS) is 17.3. The van der Waals surface area contributed by atoms with Crippen molar-refractivity contribution >= 4 is 29.2 Å². The van der Waals surface area contributed by atoms with Gasteiger partial charge < -0.3 is 15.5 Å². The number of benzene rings is 1. The number of alkyl halides is 3. The summed E-state index contributed by atoms with van der Waals surface area (Å²) < 4.78 is 50.0. The van der Waals surface area contributed by atoms with Crippen molar-refractivity contribution in [3.05, 3.63) is 42.1 Å². The number of hydrogen-bond acceptors (Lipinski definition) is 6. The van der Waals surface area contributed by atoms with Crippen LogP contribution in [0.25, 0.3) is 0 Å². The van der Waals surface area contributed by atoms with Crippen LogP contribution in [-0.4, -0.2) is 52.7 Å². The van der Waals surface area contributed by atoms with Crippen LogP contribution >= 0.6 is 11.8 Å². The molecule has 1 aromatic carbocycles. The van der Waals surface area contributed by atoms with Gasteiger partial charge in [0.25, 0.3) is 0 Å². The molecule has 2 N–H and O–H groups in total. The zero-order valence-electron chi connectivity index (χ0n) is 17.6. The van der Waals surface area contributed by atoms with Gasteiger partial charge in [-0.3, -0.25) is 4.79 Å². The van der Waals surface area contributed by atoms with E-state index < -0.39 is 11.9 Å². The summed E-state index contributed by atoms with van der Waals surface area (Å²) in [5, 5.41) is 0. The molecule has 1 aromatic heterocycles. The van der Waals surface area contributed by atoms with Gasteiger partial charge in [0.15, 0.2) is 5.69 Å². The molecule has 3 heterocycles. The number of anilines is 2. The van der Waals surface area contributed by atoms with Crippen LogP contribution in [-0.2, 0) is 11.0 Å². The van der Waals surface area contributed by atoms with Gasteiger partial charge in [-0.15, -0.1) is 11.8 Å². The fraction of sp³-hybridized carbons (Fsp3) is 0.476. The predicted molar refractivity (Wildman–Crippen MR) is 116 cm³/mol. The smallest absolute Gasteiger partial charge is 0.396 e. The number of aromatic nitrogens is 2. The predicted octanol–water partition coefficient (Wildman–Crippen LogP) is 4.22. The first kappa shape index (κ1) is 24.1. The van der Waals surface area contributed by atoms with Crippen LogP contribution in [0.1, 0.15) is 31.4 Å². The molecule has 32 heavy (non-hydrogen) atoms. The van der Waals surface area contributed by atoms with Crippen molar-refractivity contribution in [2.24, 2.45) is 0 Å². The van der Waals surface area contributed by atoms with Crippen LogP contribution < -0.4 is 10.6 Å². The van der Waals surface area contributed by atoms with Gasteiger partial charge in [0, 0.05) is 37.0 Å². The average molecular weight is 472 g/mol. The highest BCUT2D eigenvalue weighted by molar-refractivity contribution is 7.98. The summed E-state index contributed by atoms with van der Waals surface area (Å²) in [4.78, 5) is 23.8. The maximum atomic E-state index is 12.6. The Labute approximate surface area is 188 Å². The van der Waals surface area contributed by atoms with E-state index in [0.717, 1.165) is 36.9 Å². The van der Waals surface area contributed by atoms with E-state index in [1.54, 1.807) is 12.1 Å². The Hall–Kier alpha value is -2.56. The molecule has 0 spiro atoms. The van der Waals surface area contributed by atoms with Crippen molar-refractivity contribution in [2.75, 3.05) is 36.5 Å². The Morgan fingerprint density at radius 2 is 1.84 bits per heavy atom. The number of carbonyl (C=O) groups is 1. The number of thioether (sulfide) groups is 1. The minimum atomic E-state index is -4.46. The van der Waals surface area contributed by atoms with Gasteiger partial charge in [0.05, 0.1) is 18.1 Å². The molecule has 2 aromatic rings. The van der Waals surface area contributed by atoms with Crippen molar-refractivity contribution < 1.29 is 22.4 Å². The number of amides is 1. The first-order valence-corrected chi connectivity index (χ1v) is 11.4. The zero-order valence-corrected chi connectivity index (χ0v) is 18.4. The van der Waals surface area contributed by atoms with Crippen LogP contribution in [0.3, 0.4) is 0 Å². The van der Waals surface area contributed by atoms with E-state index in [4.69, 9.17) is 5.73 Å². The quantitative estimate of drug-likeness (QED) is 0.411. The fourth-order valence-corrected chi connectivity index (χ4v) is 4.15. The highest BCUT2D eigenvalue weighted by atomic mass is 32.2. The van der Waals surface area contributed by atoms with Gasteiger partial charge in [-0.05, 0) is 43.7 Å². The minimum absolute atomic E-state index is 0.206. The van der Waals surface area contributed by atoms with Crippen LogP contribution in [0.4, 0.5) is 29.1 Å². The van der Waals surface area contributed by atoms with Gasteiger partial charge >= 0.3 is 6.18 Å². The molecule has 2 aliphatic heterocycles. The summed E-state index contributed by atoms with van der Waals surface area (Å²) in [6.45, 7) is 2.17. The Morgan fingerprint density at radius 1 is 1.12 bits per heavy atom. The van der Waals surface area contributed by atoms with E-state index in [0.29, 0.717) is 25.3 Å². The number of hydrogen-bond donors (Lipinski definition) is 1. The largest absolute Gasteiger partial charge is 0.434 e. The number of nitrogens with two attached hydrogens (primary N) is 1. The van der Waals surface area contributed by atoms with Gasteiger partial charge in [-0.2, -0.15) is 13.2 Å². The fourth-order valence-electron chi connectivity index (χ4n) is 3.73. The molecule has 2 saturated heterocycles. The Kier molecular flexibility index (Phi) is 7.81. The molecule has 0 saturated carbocycles. The molecular formula is C21H25F4N5OS. The van der Waals surface area contributed by atoms with E-state index in [1.165, 1.54) is 24.0 Å². The molecule has 2 aliphatic rings. The summed E-state index contributed by atoms with van der Waals surface area (Å²) in [6, 6.07) is 5.04. The lowest BCUT2D eigenvalue weighted by Crippen LogP contribution is -2.45. The van der Waals surface area contributed by atoms with E-state index >= 15 is 0 Å². The van der Waals surface area contributed by atoms with Crippen molar-refractivity contribution in [1.82, 2.24) is 14.9 Å². The number of nitrogen functional groups attached to an aromatic ring is 1. The lowest BCUT2D eigenvalue weighted by atomic mass is 10.0. The van der Waals surface area contributed by atoms with Crippen molar-refractivity contribution in [3.63, 3.8) is 0 Å². The third kappa shape index (κ3) is 6.02. The molecule has 0 atom stereocenters. The molecule has 0 aliphatic carbocycles. The summed E-state index contributed by atoms with van der Waals surface area (Å²) in [5.74, 6) is 0.332. The Balaban J connectivity index is 0.000000243. The number of nitrogens with zero attached hydrogens (tertiary/aromatic N) is 4.